The normalized spacial score (nSPS) is 12.7. The molecule has 8 nitrogen and oxygen atoms in total. The van der Waals surface area contributed by atoms with Crippen LogP contribution in [0.5, 0.6) is 0 Å². The number of phosphoric acid groups is 1. The van der Waals surface area contributed by atoms with Crippen molar-refractivity contribution in [3.8, 4) is 0 Å². The minimum Gasteiger partial charge on any atom is -0.462 e. The van der Waals surface area contributed by atoms with Crippen LogP contribution in [0.4, 0.5) is 0 Å². The fourth-order valence-electron chi connectivity index (χ4n) is 4.74. The maximum atomic E-state index is 12.3. The summed E-state index contributed by atoms with van der Waals surface area (Å²) < 4.78 is 26.2. The third-order valence-electron chi connectivity index (χ3n) is 7.23. The Bertz CT molecular complexity index is 677. The van der Waals surface area contributed by atoms with E-state index in [1.807, 2.05) is 0 Å². The van der Waals surface area contributed by atoms with Crippen molar-refractivity contribution in [3.05, 3.63) is 0 Å². The number of carbonyl (C=O) groups excluding carboxylic acids is 2. The molecule has 0 fully saturated rings. The van der Waals surface area contributed by atoms with Gasteiger partial charge in [0.2, 0.25) is 0 Å². The number of phosphoric ester groups is 1. The van der Waals surface area contributed by atoms with Gasteiger partial charge in [0.25, 0.3) is 0 Å². The molecule has 0 aliphatic rings. The first-order chi connectivity index (χ1) is 19.5. The number of carbonyl (C=O) groups is 2. The quantitative estimate of drug-likeness (QED) is 0.0492. The third-order valence-corrected chi connectivity index (χ3v) is 7.72. The zero-order valence-corrected chi connectivity index (χ0v) is 27.7. The van der Waals surface area contributed by atoms with Crippen molar-refractivity contribution in [3.63, 3.8) is 0 Å². The monoisotopic (exact) mass is 606 g/mol. The van der Waals surface area contributed by atoms with Gasteiger partial charge in [-0.3, -0.25) is 14.1 Å². The highest BCUT2D eigenvalue weighted by Crippen LogP contribution is 2.36. The van der Waals surface area contributed by atoms with Crippen LogP contribution in [0.15, 0.2) is 0 Å². The van der Waals surface area contributed by atoms with Crippen molar-refractivity contribution < 1.29 is 37.9 Å². The molecule has 0 aliphatic heterocycles. The molecule has 0 saturated carbocycles. The van der Waals surface area contributed by atoms with Crippen LogP contribution in [0.25, 0.3) is 0 Å². The second-order valence-electron chi connectivity index (χ2n) is 12.5. The highest BCUT2D eigenvalue weighted by atomic mass is 31.2. The van der Waals surface area contributed by atoms with Gasteiger partial charge < -0.3 is 19.3 Å². The predicted octanol–water partition coefficient (Wildman–Crippen LogP) is 9.05. The summed E-state index contributed by atoms with van der Waals surface area (Å²) in [7, 11) is -4.74. The minimum absolute atomic E-state index is 0.216. The summed E-state index contributed by atoms with van der Waals surface area (Å²) >= 11 is 0. The Labute approximate surface area is 251 Å². The molecule has 0 aliphatic carbocycles. The first kappa shape index (κ1) is 40.1. The highest BCUT2D eigenvalue weighted by molar-refractivity contribution is 7.46. The van der Waals surface area contributed by atoms with Crippen LogP contribution in [0, 0.1) is 11.8 Å². The van der Waals surface area contributed by atoms with Crippen LogP contribution in [-0.4, -0.2) is 41.0 Å². The molecule has 41 heavy (non-hydrogen) atoms. The van der Waals surface area contributed by atoms with E-state index in [9.17, 15) is 14.2 Å². The van der Waals surface area contributed by atoms with Crippen molar-refractivity contribution in [1.82, 2.24) is 0 Å². The van der Waals surface area contributed by atoms with E-state index in [0.29, 0.717) is 6.42 Å². The van der Waals surface area contributed by atoms with E-state index in [0.717, 1.165) is 50.4 Å². The van der Waals surface area contributed by atoms with Crippen LogP contribution in [0.3, 0.4) is 0 Å². The summed E-state index contributed by atoms with van der Waals surface area (Å²) in [6, 6.07) is 0. The minimum atomic E-state index is -4.74. The third kappa shape index (κ3) is 31.8. The van der Waals surface area contributed by atoms with Gasteiger partial charge in [-0.15, -0.1) is 0 Å². The molecule has 244 valence electrons. The number of hydrogen-bond donors (Lipinski definition) is 2. The van der Waals surface area contributed by atoms with E-state index in [1.54, 1.807) is 0 Å². The average molecular weight is 607 g/mol. The Morgan fingerprint density at radius 2 is 0.927 bits per heavy atom. The lowest BCUT2D eigenvalue weighted by atomic mass is 10.0. The van der Waals surface area contributed by atoms with Gasteiger partial charge in [-0.25, -0.2) is 4.57 Å². The van der Waals surface area contributed by atoms with Crippen LogP contribution < -0.4 is 0 Å². The average Bonchev–Trinajstić information content (AvgIpc) is 2.89. The summed E-state index contributed by atoms with van der Waals surface area (Å²) in [5.41, 5.74) is 0. The second-order valence-corrected chi connectivity index (χ2v) is 13.7. The molecular formula is C32H63O8P. The van der Waals surface area contributed by atoms with E-state index >= 15 is 0 Å². The number of hydrogen-bond acceptors (Lipinski definition) is 6. The Morgan fingerprint density at radius 3 is 1.32 bits per heavy atom. The topological polar surface area (TPSA) is 119 Å². The molecule has 0 amide bonds. The van der Waals surface area contributed by atoms with Crippen LogP contribution in [0.2, 0.25) is 0 Å². The molecule has 0 saturated heterocycles. The maximum absolute atomic E-state index is 12.3. The van der Waals surface area contributed by atoms with Crippen LogP contribution >= 0.6 is 7.82 Å². The first-order valence-electron chi connectivity index (χ1n) is 16.5. The largest absolute Gasteiger partial charge is 0.469 e. The van der Waals surface area contributed by atoms with Gasteiger partial charge in [0.05, 0.1) is 6.61 Å². The Morgan fingerprint density at radius 1 is 0.561 bits per heavy atom. The number of unbranched alkanes of at least 4 members (excludes halogenated alkanes) is 15. The SMILES string of the molecule is CC(C)CCCCCCCCCCCC(=O)O[C@H](COC(=O)CCCCCCCCCCC(C)C)COP(=O)(O)O. The van der Waals surface area contributed by atoms with E-state index in [-0.39, 0.29) is 19.4 Å². The van der Waals surface area contributed by atoms with E-state index < -0.39 is 32.5 Å². The molecule has 2 N–H and O–H groups in total. The van der Waals surface area contributed by atoms with Crippen molar-refractivity contribution in [2.75, 3.05) is 13.2 Å². The zero-order valence-electron chi connectivity index (χ0n) is 26.8. The number of ether oxygens (including phenoxy) is 2. The smallest absolute Gasteiger partial charge is 0.462 e. The maximum Gasteiger partial charge on any atom is 0.469 e. The zero-order chi connectivity index (χ0) is 30.8. The number of rotatable bonds is 29. The van der Waals surface area contributed by atoms with E-state index in [4.69, 9.17) is 19.3 Å². The molecule has 0 spiro atoms. The molecule has 0 aromatic carbocycles. The predicted molar refractivity (Wildman–Crippen MR) is 165 cm³/mol. The van der Waals surface area contributed by atoms with Gasteiger partial charge >= 0.3 is 19.8 Å². The molecule has 1 atom stereocenters. The summed E-state index contributed by atoms with van der Waals surface area (Å²) in [5, 5.41) is 0. The molecule has 9 heteroatoms. The van der Waals surface area contributed by atoms with E-state index in [2.05, 4.69) is 32.2 Å². The van der Waals surface area contributed by atoms with Crippen molar-refractivity contribution in [2.24, 2.45) is 11.8 Å². The lowest BCUT2D eigenvalue weighted by Gasteiger charge is -2.18. The van der Waals surface area contributed by atoms with Crippen molar-refractivity contribution in [1.29, 1.82) is 0 Å². The Hall–Kier alpha value is -0.950. The van der Waals surface area contributed by atoms with Gasteiger partial charge in [0.15, 0.2) is 6.10 Å². The van der Waals surface area contributed by atoms with Gasteiger partial charge in [0.1, 0.15) is 6.61 Å². The highest BCUT2D eigenvalue weighted by Gasteiger charge is 2.22. The molecule has 0 heterocycles. The van der Waals surface area contributed by atoms with Crippen LogP contribution in [-0.2, 0) is 28.2 Å². The fraction of sp³-hybridized carbons (Fsp3) is 0.938. The summed E-state index contributed by atoms with van der Waals surface area (Å²) in [6.07, 6.45) is 21.3. The standard InChI is InChI=1S/C32H63O8P/c1-28(2)22-18-14-10-6-5-7-13-17-21-25-32(34)40-30(27-39-41(35,36)37)26-38-31(33)24-20-16-12-9-8-11-15-19-23-29(3)4/h28-30H,5-27H2,1-4H3,(H2,35,36,37)/t30-/m1/s1. The summed E-state index contributed by atoms with van der Waals surface area (Å²) in [5.74, 6) is 0.680. The number of esters is 2. The van der Waals surface area contributed by atoms with Crippen molar-refractivity contribution >= 4 is 19.8 Å². The molecule has 0 radical (unpaired) electrons. The first-order valence-corrected chi connectivity index (χ1v) is 18.1. The van der Waals surface area contributed by atoms with E-state index in [1.165, 1.54) is 77.0 Å². The van der Waals surface area contributed by atoms with Gasteiger partial charge in [-0.1, -0.05) is 137 Å². The van der Waals surface area contributed by atoms with Crippen molar-refractivity contribution in [2.45, 2.75) is 169 Å². The Kier molecular flexibility index (Phi) is 26.0. The molecule has 0 unspecified atom stereocenters. The van der Waals surface area contributed by atoms with Gasteiger partial charge in [0, 0.05) is 12.8 Å². The molecule has 0 aromatic heterocycles. The van der Waals surface area contributed by atoms with Gasteiger partial charge in [-0.2, -0.15) is 0 Å². The molecule has 0 aromatic rings. The molecule has 0 rings (SSSR count). The lowest BCUT2D eigenvalue weighted by molar-refractivity contribution is -0.161. The van der Waals surface area contributed by atoms with Gasteiger partial charge in [-0.05, 0) is 24.7 Å². The molecule has 0 bridgehead atoms. The Balaban J connectivity index is 4.02. The summed E-state index contributed by atoms with van der Waals surface area (Å²) in [6.45, 7) is 8.24. The lowest BCUT2D eigenvalue weighted by Crippen LogP contribution is -2.29. The molecular weight excluding hydrogens is 543 g/mol. The van der Waals surface area contributed by atoms with Crippen LogP contribution in [0.1, 0.15) is 163 Å². The fourth-order valence-corrected chi connectivity index (χ4v) is 5.10. The second kappa shape index (κ2) is 26.7. The summed E-state index contributed by atoms with van der Waals surface area (Å²) in [4.78, 5) is 42.4.